The van der Waals surface area contributed by atoms with Gasteiger partial charge in [-0.2, -0.15) is 8.78 Å². The molecule has 174 valence electrons. The molecule has 2 N–H and O–H groups in total. The standard InChI is InChI=1S/C21H21F2N5O4S/c22-18(23)31-14-3-1-2-12(8-14)16-9-24-21(32-16)28-6-4-15-17(10-28)33-20(26-15)27-19(29)25-13-5-7-30-11-13/h1-3,8-9,13,18H,4-7,10-11H2,(H2,25,26,27,29)/t13-/m1/s1. The number of carbonyl (C=O) groups is 1. The highest BCUT2D eigenvalue weighted by Gasteiger charge is 2.25. The minimum Gasteiger partial charge on any atom is -0.435 e. The average molecular weight is 477 g/mol. The number of fused-ring (bicyclic) bond motifs is 1. The quantitative estimate of drug-likeness (QED) is 0.556. The number of aromatic nitrogens is 2. The molecule has 9 nitrogen and oxygen atoms in total. The number of hydrogen-bond donors (Lipinski definition) is 2. The second-order valence-corrected chi connectivity index (χ2v) is 8.72. The van der Waals surface area contributed by atoms with Crippen LogP contribution in [0.15, 0.2) is 34.9 Å². The lowest BCUT2D eigenvalue weighted by molar-refractivity contribution is -0.0498. The van der Waals surface area contributed by atoms with Crippen LogP contribution in [0.25, 0.3) is 11.3 Å². The third kappa shape index (κ3) is 5.06. The molecule has 3 aromatic rings. The Morgan fingerprint density at radius 2 is 2.27 bits per heavy atom. The lowest BCUT2D eigenvalue weighted by atomic mass is 10.2. The van der Waals surface area contributed by atoms with Crippen molar-refractivity contribution in [2.45, 2.75) is 32.0 Å². The number of alkyl halides is 2. The Hall–Kier alpha value is -3.25. The number of benzene rings is 1. The minimum absolute atomic E-state index is 0.0249. The van der Waals surface area contributed by atoms with Crippen molar-refractivity contribution in [1.82, 2.24) is 15.3 Å². The predicted molar refractivity (Wildman–Crippen MR) is 117 cm³/mol. The van der Waals surface area contributed by atoms with Crippen LogP contribution in [0.3, 0.4) is 0 Å². The summed E-state index contributed by atoms with van der Waals surface area (Å²) in [6.45, 7) is -0.519. The molecule has 0 unspecified atom stereocenters. The van der Waals surface area contributed by atoms with Crippen LogP contribution in [0.2, 0.25) is 0 Å². The van der Waals surface area contributed by atoms with E-state index in [0.717, 1.165) is 17.0 Å². The number of thiazole rings is 1. The summed E-state index contributed by atoms with van der Waals surface area (Å²) >= 11 is 1.42. The first kappa shape index (κ1) is 21.6. The Morgan fingerprint density at radius 1 is 1.36 bits per heavy atom. The molecular weight excluding hydrogens is 456 g/mol. The van der Waals surface area contributed by atoms with Gasteiger partial charge in [-0.15, -0.1) is 0 Å². The fraction of sp³-hybridized carbons (Fsp3) is 0.381. The van der Waals surface area contributed by atoms with E-state index in [0.29, 0.717) is 55.2 Å². The Bertz CT molecular complexity index is 1130. The molecule has 2 amide bonds. The van der Waals surface area contributed by atoms with E-state index >= 15 is 0 Å². The van der Waals surface area contributed by atoms with Gasteiger partial charge in [-0.1, -0.05) is 23.5 Å². The third-order valence-electron chi connectivity index (χ3n) is 5.32. The molecule has 2 aliphatic rings. The van der Waals surface area contributed by atoms with Gasteiger partial charge in [0.2, 0.25) is 0 Å². The minimum atomic E-state index is -2.89. The molecule has 1 aromatic carbocycles. The molecule has 1 fully saturated rings. The lowest BCUT2D eigenvalue weighted by Crippen LogP contribution is -2.38. The maximum atomic E-state index is 12.5. The zero-order valence-electron chi connectivity index (χ0n) is 17.4. The molecule has 1 saturated heterocycles. The van der Waals surface area contributed by atoms with Crippen molar-refractivity contribution in [3.8, 4) is 17.1 Å². The van der Waals surface area contributed by atoms with E-state index in [1.54, 1.807) is 18.3 Å². The van der Waals surface area contributed by atoms with Crippen LogP contribution in [0.4, 0.5) is 24.7 Å². The first-order valence-corrected chi connectivity index (χ1v) is 11.2. The highest BCUT2D eigenvalue weighted by Crippen LogP contribution is 2.33. The highest BCUT2D eigenvalue weighted by molar-refractivity contribution is 7.15. The van der Waals surface area contributed by atoms with Crippen molar-refractivity contribution in [3.05, 3.63) is 41.0 Å². The summed E-state index contributed by atoms with van der Waals surface area (Å²) in [6, 6.07) is 6.45. The van der Waals surface area contributed by atoms with E-state index < -0.39 is 6.61 Å². The van der Waals surface area contributed by atoms with Crippen LogP contribution in [0.1, 0.15) is 17.0 Å². The van der Waals surface area contributed by atoms with Crippen molar-refractivity contribution in [2.24, 2.45) is 0 Å². The van der Waals surface area contributed by atoms with Gasteiger partial charge >= 0.3 is 12.6 Å². The zero-order chi connectivity index (χ0) is 22.8. The molecule has 2 aromatic heterocycles. The molecule has 0 spiro atoms. The van der Waals surface area contributed by atoms with Crippen molar-refractivity contribution in [2.75, 3.05) is 30.0 Å². The number of hydrogen-bond acceptors (Lipinski definition) is 8. The van der Waals surface area contributed by atoms with Crippen LogP contribution in [0, 0.1) is 0 Å². The summed E-state index contributed by atoms with van der Waals surface area (Å²) in [5.41, 5.74) is 1.53. The van der Waals surface area contributed by atoms with E-state index in [2.05, 4.69) is 25.3 Å². The van der Waals surface area contributed by atoms with Gasteiger partial charge in [0.15, 0.2) is 10.9 Å². The van der Waals surface area contributed by atoms with Crippen LogP contribution in [0.5, 0.6) is 5.75 Å². The summed E-state index contributed by atoms with van der Waals surface area (Å²) in [7, 11) is 0. The zero-order valence-corrected chi connectivity index (χ0v) is 18.2. The van der Waals surface area contributed by atoms with Gasteiger partial charge in [0.1, 0.15) is 5.75 Å². The number of carbonyl (C=O) groups excluding carboxylic acids is 1. The molecular formula is C21H21F2N5O4S. The van der Waals surface area contributed by atoms with Crippen molar-refractivity contribution >= 4 is 28.5 Å². The molecule has 2 aliphatic heterocycles. The van der Waals surface area contributed by atoms with Gasteiger partial charge in [-0.3, -0.25) is 5.32 Å². The number of nitrogens with one attached hydrogen (secondary N) is 2. The molecule has 0 radical (unpaired) electrons. The summed E-state index contributed by atoms with van der Waals surface area (Å²) in [4.78, 5) is 24.1. The number of anilines is 2. The van der Waals surface area contributed by atoms with Gasteiger partial charge in [0.25, 0.3) is 6.01 Å². The Morgan fingerprint density at radius 3 is 3.09 bits per heavy atom. The van der Waals surface area contributed by atoms with E-state index in [1.165, 1.54) is 23.5 Å². The summed E-state index contributed by atoms with van der Waals surface area (Å²) in [5.74, 6) is 0.506. The number of ether oxygens (including phenoxy) is 2. The smallest absolute Gasteiger partial charge is 0.387 e. The number of rotatable bonds is 6. The van der Waals surface area contributed by atoms with E-state index in [-0.39, 0.29) is 17.8 Å². The van der Waals surface area contributed by atoms with Crippen LogP contribution in [-0.4, -0.2) is 48.4 Å². The second-order valence-electron chi connectivity index (χ2n) is 7.63. The SMILES string of the molecule is O=C(Nc1nc2c(s1)CN(c1ncc(-c3cccc(OC(F)F)c3)o1)CC2)N[C@@H]1CCOC1. The van der Waals surface area contributed by atoms with Crippen molar-refractivity contribution in [3.63, 3.8) is 0 Å². The Balaban J connectivity index is 1.23. The fourth-order valence-electron chi connectivity index (χ4n) is 3.75. The van der Waals surface area contributed by atoms with Crippen LogP contribution < -0.4 is 20.3 Å². The molecule has 0 bridgehead atoms. The van der Waals surface area contributed by atoms with Gasteiger partial charge in [-0.05, 0) is 18.6 Å². The molecule has 0 saturated carbocycles. The van der Waals surface area contributed by atoms with Crippen molar-refractivity contribution in [1.29, 1.82) is 0 Å². The number of nitrogens with zero attached hydrogens (tertiary/aromatic N) is 3. The maximum absolute atomic E-state index is 12.5. The summed E-state index contributed by atoms with van der Waals surface area (Å²) in [5, 5.41) is 6.23. The van der Waals surface area contributed by atoms with E-state index in [1.807, 2.05) is 4.90 Å². The molecule has 0 aliphatic carbocycles. The van der Waals surface area contributed by atoms with E-state index in [9.17, 15) is 13.6 Å². The lowest BCUT2D eigenvalue weighted by Gasteiger charge is -2.24. The van der Waals surface area contributed by atoms with Crippen LogP contribution in [-0.2, 0) is 17.7 Å². The largest absolute Gasteiger partial charge is 0.435 e. The first-order valence-electron chi connectivity index (χ1n) is 10.4. The van der Waals surface area contributed by atoms with Gasteiger partial charge in [-0.25, -0.2) is 14.8 Å². The normalized spacial score (nSPS) is 17.8. The second kappa shape index (κ2) is 9.32. The molecule has 12 heteroatoms. The number of urea groups is 1. The fourth-order valence-corrected chi connectivity index (χ4v) is 4.77. The van der Waals surface area contributed by atoms with E-state index in [4.69, 9.17) is 9.15 Å². The predicted octanol–water partition coefficient (Wildman–Crippen LogP) is 3.87. The highest BCUT2D eigenvalue weighted by atomic mass is 32.1. The third-order valence-corrected chi connectivity index (χ3v) is 6.32. The Kier molecular flexibility index (Phi) is 6.09. The molecule has 5 rings (SSSR count). The summed E-state index contributed by atoms with van der Waals surface area (Å²) in [6.07, 6.45) is 3.04. The van der Waals surface area contributed by atoms with Gasteiger partial charge in [0, 0.05) is 30.0 Å². The number of amides is 2. The molecule has 4 heterocycles. The monoisotopic (exact) mass is 477 g/mol. The van der Waals surface area contributed by atoms with Crippen LogP contribution >= 0.6 is 11.3 Å². The first-order chi connectivity index (χ1) is 16.0. The number of halogens is 2. The average Bonchev–Trinajstić information content (AvgIpc) is 3.53. The Labute approximate surface area is 191 Å². The van der Waals surface area contributed by atoms with Crippen molar-refractivity contribution < 1.29 is 27.5 Å². The van der Waals surface area contributed by atoms with Gasteiger partial charge in [0.05, 0.1) is 31.1 Å². The molecule has 1 atom stereocenters. The molecule has 33 heavy (non-hydrogen) atoms. The summed E-state index contributed by atoms with van der Waals surface area (Å²) < 4.78 is 40.6. The maximum Gasteiger partial charge on any atom is 0.387 e. The van der Waals surface area contributed by atoms with Gasteiger partial charge < -0.3 is 24.1 Å². The number of oxazole rings is 1. The topological polar surface area (TPSA) is 102 Å².